The van der Waals surface area contributed by atoms with Crippen LogP contribution >= 0.6 is 22.9 Å². The molecule has 3 heterocycles. The number of carbonyl (C=O) groups is 1. The van der Waals surface area contributed by atoms with Crippen LogP contribution in [0.3, 0.4) is 0 Å². The van der Waals surface area contributed by atoms with Gasteiger partial charge in [0.25, 0.3) is 0 Å². The van der Waals surface area contributed by atoms with Gasteiger partial charge in [-0.3, -0.25) is 9.20 Å². The lowest BCUT2D eigenvalue weighted by Crippen LogP contribution is -2.50. The number of nitrogens with zero attached hydrogens (tertiary/aromatic N) is 3. The van der Waals surface area contributed by atoms with Gasteiger partial charge >= 0.3 is 0 Å². The molecule has 1 amide bonds. The average molecular weight is 499 g/mol. The first-order valence-corrected chi connectivity index (χ1v) is 12.7. The number of thiazole rings is 1. The lowest BCUT2D eigenvalue weighted by molar-refractivity contribution is -0.133. The van der Waals surface area contributed by atoms with Crippen molar-refractivity contribution in [3.05, 3.63) is 40.6 Å². The van der Waals surface area contributed by atoms with Crippen molar-refractivity contribution < 1.29 is 22.7 Å². The number of benzene rings is 1. The van der Waals surface area contributed by atoms with Crippen LogP contribution in [-0.2, 0) is 21.4 Å². The van der Waals surface area contributed by atoms with Crippen LogP contribution in [0.2, 0.25) is 5.15 Å². The quantitative estimate of drug-likeness (QED) is 0.537. The fraction of sp³-hybridized carbons (Fsp3) is 0.400. The highest BCUT2D eigenvalue weighted by Crippen LogP contribution is 2.32. The lowest BCUT2D eigenvalue weighted by atomic mass is 10.0. The first-order valence-electron chi connectivity index (χ1n) is 9.94. The zero-order chi connectivity index (χ0) is 23.0. The van der Waals surface area contributed by atoms with Crippen LogP contribution in [0.15, 0.2) is 34.7 Å². The maximum absolute atomic E-state index is 13.2. The summed E-state index contributed by atoms with van der Waals surface area (Å²) in [4.78, 5) is 19.7. The zero-order valence-corrected chi connectivity index (χ0v) is 20.1. The number of amides is 1. The van der Waals surface area contributed by atoms with Crippen LogP contribution in [0.1, 0.15) is 19.5 Å². The zero-order valence-electron chi connectivity index (χ0n) is 17.7. The molecule has 0 fully saturated rings. The van der Waals surface area contributed by atoms with Crippen molar-refractivity contribution >= 4 is 43.8 Å². The molecule has 0 spiro atoms. The minimum atomic E-state index is -3.99. The van der Waals surface area contributed by atoms with Crippen LogP contribution in [0.4, 0.5) is 0 Å². The first kappa shape index (κ1) is 22.8. The van der Waals surface area contributed by atoms with Crippen LogP contribution in [0, 0.1) is 5.92 Å². The number of fused-ring (bicyclic) bond motifs is 2. The third-order valence-electron chi connectivity index (χ3n) is 5.11. The van der Waals surface area contributed by atoms with Gasteiger partial charge in [-0.15, -0.1) is 11.3 Å². The van der Waals surface area contributed by atoms with Gasteiger partial charge in [0.05, 0.1) is 17.1 Å². The van der Waals surface area contributed by atoms with E-state index in [2.05, 4.69) is 9.71 Å². The predicted octanol–water partition coefficient (Wildman–Crippen LogP) is 2.78. The van der Waals surface area contributed by atoms with E-state index >= 15 is 0 Å². The molecule has 0 aliphatic carbocycles. The molecule has 0 radical (unpaired) electrons. The van der Waals surface area contributed by atoms with Crippen molar-refractivity contribution in [2.24, 2.45) is 5.92 Å². The Kier molecular flexibility index (Phi) is 6.35. The highest BCUT2D eigenvalue weighted by molar-refractivity contribution is 7.89. The smallest absolute Gasteiger partial charge is 0.241 e. The first-order chi connectivity index (χ1) is 15.2. The Morgan fingerprint density at radius 2 is 2.03 bits per heavy atom. The highest BCUT2D eigenvalue weighted by Gasteiger charge is 2.32. The molecule has 0 saturated heterocycles. The van der Waals surface area contributed by atoms with E-state index < -0.39 is 16.1 Å². The Labute approximate surface area is 195 Å². The molecular formula is C20H23ClN4O5S2. The molecule has 1 aliphatic heterocycles. The van der Waals surface area contributed by atoms with Gasteiger partial charge in [-0.1, -0.05) is 25.4 Å². The van der Waals surface area contributed by atoms with Crippen molar-refractivity contribution in [1.29, 1.82) is 0 Å². The van der Waals surface area contributed by atoms with Crippen LogP contribution in [0.25, 0.3) is 4.96 Å². The summed E-state index contributed by atoms with van der Waals surface area (Å²) in [7, 11) is -2.38. The Morgan fingerprint density at radius 3 is 2.75 bits per heavy atom. The molecule has 2 aromatic heterocycles. The number of hydrogen-bond acceptors (Lipinski definition) is 7. The van der Waals surface area contributed by atoms with Gasteiger partial charge in [0.15, 0.2) is 21.6 Å². The third kappa shape index (κ3) is 4.42. The fourth-order valence-electron chi connectivity index (χ4n) is 3.39. The maximum atomic E-state index is 13.2. The molecule has 1 N–H and O–H groups in total. The monoisotopic (exact) mass is 498 g/mol. The van der Waals surface area contributed by atoms with Crippen molar-refractivity contribution in [3.8, 4) is 11.5 Å². The van der Waals surface area contributed by atoms with Crippen LogP contribution < -0.4 is 14.2 Å². The standard InChI is InChI=1S/C20H23ClN4O5S2/c1-12(2)17(19(26)24(3)11-14-18(21)22-20-25(14)6-9-31-20)23-32(27,28)13-4-5-15-16(10-13)30-8-7-29-15/h4-6,9-10,12,17,23H,7-8,11H2,1-3H3. The molecule has 9 nitrogen and oxygen atoms in total. The number of imidazole rings is 1. The summed E-state index contributed by atoms with van der Waals surface area (Å²) in [5.74, 6) is 0.184. The minimum absolute atomic E-state index is 0.00155. The SMILES string of the molecule is CC(C)C(NS(=O)(=O)c1ccc2c(c1)OCCO2)C(=O)N(C)Cc1c(Cl)nc2sccn12. The van der Waals surface area contributed by atoms with Crippen molar-refractivity contribution in [2.75, 3.05) is 20.3 Å². The number of nitrogens with one attached hydrogen (secondary N) is 1. The maximum Gasteiger partial charge on any atom is 0.241 e. The number of carbonyl (C=O) groups excluding carboxylic acids is 1. The van der Waals surface area contributed by atoms with E-state index in [0.29, 0.717) is 35.6 Å². The van der Waals surface area contributed by atoms with Crippen molar-refractivity contribution in [1.82, 2.24) is 19.0 Å². The average Bonchev–Trinajstić information content (AvgIpc) is 3.33. The molecule has 4 rings (SSSR count). The normalized spacial score (nSPS) is 14.7. The second-order valence-corrected chi connectivity index (χ2v) is 10.7. The number of hydrogen-bond donors (Lipinski definition) is 1. The Balaban J connectivity index is 1.54. The van der Waals surface area contributed by atoms with Crippen molar-refractivity contribution in [3.63, 3.8) is 0 Å². The van der Waals surface area contributed by atoms with E-state index in [1.165, 1.54) is 28.4 Å². The summed E-state index contributed by atoms with van der Waals surface area (Å²) in [5.41, 5.74) is 0.663. The largest absolute Gasteiger partial charge is 0.486 e. The summed E-state index contributed by atoms with van der Waals surface area (Å²) in [6.07, 6.45) is 1.83. The Bertz CT molecular complexity index is 1250. The number of halogens is 1. The van der Waals surface area contributed by atoms with Gasteiger partial charge in [-0.05, 0) is 18.1 Å². The summed E-state index contributed by atoms with van der Waals surface area (Å²) in [6, 6.07) is 3.42. The number of ether oxygens (including phenoxy) is 2. The molecule has 1 aliphatic rings. The van der Waals surface area contributed by atoms with E-state index in [9.17, 15) is 13.2 Å². The molecule has 172 valence electrons. The van der Waals surface area contributed by atoms with E-state index in [1.54, 1.807) is 27.0 Å². The van der Waals surface area contributed by atoms with Crippen molar-refractivity contribution in [2.45, 2.75) is 31.3 Å². The van der Waals surface area contributed by atoms with Crippen LogP contribution in [-0.4, -0.2) is 54.9 Å². The molecule has 3 aromatic rings. The van der Waals surface area contributed by atoms with E-state index in [4.69, 9.17) is 21.1 Å². The topological polar surface area (TPSA) is 102 Å². The van der Waals surface area contributed by atoms with Gasteiger partial charge in [0.1, 0.15) is 19.3 Å². The molecule has 12 heteroatoms. The number of rotatable bonds is 7. The van der Waals surface area contributed by atoms with Gasteiger partial charge in [-0.25, -0.2) is 13.4 Å². The molecule has 1 unspecified atom stereocenters. The molecule has 1 atom stereocenters. The number of likely N-dealkylation sites (N-methyl/N-ethyl adjacent to an activating group) is 1. The summed E-state index contributed by atoms with van der Waals surface area (Å²) >= 11 is 7.68. The highest BCUT2D eigenvalue weighted by atomic mass is 35.5. The molecule has 32 heavy (non-hydrogen) atoms. The lowest BCUT2D eigenvalue weighted by Gasteiger charge is -2.27. The van der Waals surface area contributed by atoms with Crippen LogP contribution in [0.5, 0.6) is 11.5 Å². The molecular weight excluding hydrogens is 476 g/mol. The molecule has 0 saturated carbocycles. The second-order valence-electron chi connectivity index (χ2n) is 7.75. The Morgan fingerprint density at radius 1 is 1.31 bits per heavy atom. The van der Waals surface area contributed by atoms with E-state index in [0.717, 1.165) is 4.96 Å². The molecule has 0 bridgehead atoms. The fourth-order valence-corrected chi connectivity index (χ4v) is 5.75. The van der Waals surface area contributed by atoms with Gasteiger partial charge in [0.2, 0.25) is 15.9 Å². The number of sulfonamides is 1. The summed E-state index contributed by atoms with van der Waals surface area (Å²) < 4.78 is 41.4. The summed E-state index contributed by atoms with van der Waals surface area (Å²) in [5, 5.41) is 2.19. The predicted molar refractivity (Wildman–Crippen MR) is 121 cm³/mol. The van der Waals surface area contributed by atoms with Gasteiger partial charge < -0.3 is 14.4 Å². The number of aromatic nitrogens is 2. The molecule has 1 aromatic carbocycles. The van der Waals surface area contributed by atoms with Gasteiger partial charge in [-0.2, -0.15) is 4.72 Å². The summed E-state index contributed by atoms with van der Waals surface area (Å²) in [6.45, 7) is 4.50. The Hall–Kier alpha value is -2.34. The minimum Gasteiger partial charge on any atom is -0.486 e. The van der Waals surface area contributed by atoms with E-state index in [-0.39, 0.29) is 23.3 Å². The van der Waals surface area contributed by atoms with E-state index in [1.807, 2.05) is 16.0 Å². The third-order valence-corrected chi connectivity index (χ3v) is 7.61. The second kappa shape index (κ2) is 8.89. The van der Waals surface area contributed by atoms with Gasteiger partial charge in [0, 0.05) is 24.7 Å².